The Morgan fingerprint density at radius 2 is 2.13 bits per heavy atom. The third kappa shape index (κ3) is 2.03. The summed E-state index contributed by atoms with van der Waals surface area (Å²) in [6, 6.07) is 6.75. The maximum absolute atomic E-state index is 10.8. The second-order valence-electron chi connectivity index (χ2n) is 3.02. The van der Waals surface area contributed by atoms with Crippen LogP contribution in [0.4, 0.5) is 0 Å². The minimum absolute atomic E-state index is 0.273. The Hall–Kier alpha value is -1.32. The molecule has 0 fully saturated rings. The van der Waals surface area contributed by atoms with E-state index in [0.29, 0.717) is 5.02 Å². The average Bonchev–Trinajstić information content (AvgIpc) is 2.64. The van der Waals surface area contributed by atoms with Crippen LogP contribution in [0.5, 0.6) is 0 Å². The fourth-order valence-electron chi connectivity index (χ4n) is 1.31. The number of aromatic carboxylic acids is 1. The van der Waals surface area contributed by atoms with Gasteiger partial charge in [0, 0.05) is 16.3 Å². The van der Waals surface area contributed by atoms with E-state index in [2.05, 4.69) is 0 Å². The zero-order valence-electron chi connectivity index (χ0n) is 7.61. The van der Waals surface area contributed by atoms with E-state index in [9.17, 15) is 4.79 Å². The standard InChI is InChI=1S/C11H7ClO2S/c12-10-6-15-5-9(10)7-2-1-3-8(4-7)11(13)14/h1-6H,(H,13,14). The highest BCUT2D eigenvalue weighted by Crippen LogP contribution is 2.31. The molecule has 0 saturated carbocycles. The molecular weight excluding hydrogens is 232 g/mol. The average molecular weight is 239 g/mol. The van der Waals surface area contributed by atoms with Crippen LogP contribution in [0.25, 0.3) is 11.1 Å². The zero-order chi connectivity index (χ0) is 10.8. The normalized spacial score (nSPS) is 10.2. The van der Waals surface area contributed by atoms with Crippen LogP contribution in [0.3, 0.4) is 0 Å². The second kappa shape index (κ2) is 4.04. The van der Waals surface area contributed by atoms with Crippen LogP contribution < -0.4 is 0 Å². The van der Waals surface area contributed by atoms with Crippen molar-refractivity contribution in [2.45, 2.75) is 0 Å². The summed E-state index contributed by atoms with van der Waals surface area (Å²) in [6.07, 6.45) is 0. The van der Waals surface area contributed by atoms with Gasteiger partial charge in [-0.1, -0.05) is 23.7 Å². The summed E-state index contributed by atoms with van der Waals surface area (Å²) in [5.41, 5.74) is 1.99. The Morgan fingerprint density at radius 1 is 1.33 bits per heavy atom. The molecular formula is C11H7ClO2S. The molecule has 0 amide bonds. The monoisotopic (exact) mass is 238 g/mol. The first kappa shape index (κ1) is 10.2. The van der Waals surface area contributed by atoms with Crippen LogP contribution in [-0.2, 0) is 0 Å². The van der Waals surface area contributed by atoms with Gasteiger partial charge in [-0.15, -0.1) is 0 Å². The lowest BCUT2D eigenvalue weighted by molar-refractivity contribution is 0.0697. The molecule has 4 heteroatoms. The summed E-state index contributed by atoms with van der Waals surface area (Å²) in [7, 11) is 0. The highest BCUT2D eigenvalue weighted by Gasteiger charge is 2.07. The van der Waals surface area contributed by atoms with Gasteiger partial charge in [-0.05, 0) is 17.7 Å². The highest BCUT2D eigenvalue weighted by molar-refractivity contribution is 7.09. The molecule has 0 radical (unpaired) electrons. The first-order valence-electron chi connectivity index (χ1n) is 4.24. The van der Waals surface area contributed by atoms with Gasteiger partial charge in [0.2, 0.25) is 0 Å². The third-order valence-electron chi connectivity index (χ3n) is 2.04. The Bertz CT molecular complexity index is 505. The molecule has 0 aliphatic carbocycles. The van der Waals surface area contributed by atoms with Gasteiger partial charge in [0.1, 0.15) is 0 Å². The van der Waals surface area contributed by atoms with Crippen molar-refractivity contribution in [3.63, 3.8) is 0 Å². The summed E-state index contributed by atoms with van der Waals surface area (Å²) < 4.78 is 0. The van der Waals surface area contributed by atoms with Crippen LogP contribution >= 0.6 is 22.9 Å². The molecule has 0 saturated heterocycles. The minimum atomic E-state index is -0.928. The first-order chi connectivity index (χ1) is 7.18. The Morgan fingerprint density at radius 3 is 2.73 bits per heavy atom. The predicted molar refractivity (Wildman–Crippen MR) is 61.7 cm³/mol. The Balaban J connectivity index is 2.50. The number of carbonyl (C=O) groups is 1. The molecule has 76 valence electrons. The van der Waals surface area contributed by atoms with Gasteiger partial charge in [-0.2, -0.15) is 11.3 Å². The van der Waals surface area contributed by atoms with Crippen molar-refractivity contribution >= 4 is 28.9 Å². The van der Waals surface area contributed by atoms with Crippen molar-refractivity contribution in [3.8, 4) is 11.1 Å². The molecule has 2 aromatic rings. The van der Waals surface area contributed by atoms with E-state index in [-0.39, 0.29) is 5.56 Å². The van der Waals surface area contributed by atoms with Crippen molar-refractivity contribution in [2.75, 3.05) is 0 Å². The molecule has 0 aliphatic heterocycles. The number of hydrogen-bond acceptors (Lipinski definition) is 2. The first-order valence-corrected chi connectivity index (χ1v) is 5.56. The van der Waals surface area contributed by atoms with E-state index in [1.807, 2.05) is 16.8 Å². The van der Waals surface area contributed by atoms with Gasteiger partial charge in [0.25, 0.3) is 0 Å². The van der Waals surface area contributed by atoms with Gasteiger partial charge in [-0.3, -0.25) is 0 Å². The number of carboxylic acids is 1. The maximum Gasteiger partial charge on any atom is 0.335 e. The Kier molecular flexibility index (Phi) is 2.75. The maximum atomic E-state index is 10.8. The van der Waals surface area contributed by atoms with E-state index < -0.39 is 5.97 Å². The number of carboxylic acid groups (broad SMARTS) is 1. The van der Waals surface area contributed by atoms with E-state index in [0.717, 1.165) is 11.1 Å². The van der Waals surface area contributed by atoms with Crippen LogP contribution in [-0.4, -0.2) is 11.1 Å². The number of rotatable bonds is 2. The van der Waals surface area contributed by atoms with Gasteiger partial charge < -0.3 is 5.11 Å². The molecule has 0 atom stereocenters. The molecule has 1 aromatic heterocycles. The summed E-state index contributed by atoms with van der Waals surface area (Å²) in [4.78, 5) is 10.8. The Labute approximate surface area is 95.8 Å². The highest BCUT2D eigenvalue weighted by atomic mass is 35.5. The van der Waals surface area contributed by atoms with Crippen molar-refractivity contribution in [1.82, 2.24) is 0 Å². The molecule has 1 heterocycles. The molecule has 15 heavy (non-hydrogen) atoms. The smallest absolute Gasteiger partial charge is 0.335 e. The molecule has 0 bridgehead atoms. The molecule has 1 N–H and O–H groups in total. The second-order valence-corrected chi connectivity index (χ2v) is 4.17. The topological polar surface area (TPSA) is 37.3 Å². The molecule has 0 spiro atoms. The SMILES string of the molecule is O=C(O)c1cccc(-c2cscc2Cl)c1. The summed E-state index contributed by atoms with van der Waals surface area (Å²) in [6.45, 7) is 0. The van der Waals surface area contributed by atoms with E-state index in [1.54, 1.807) is 18.2 Å². The van der Waals surface area contributed by atoms with Crippen molar-refractivity contribution in [2.24, 2.45) is 0 Å². The van der Waals surface area contributed by atoms with Gasteiger partial charge in [-0.25, -0.2) is 4.79 Å². The minimum Gasteiger partial charge on any atom is -0.478 e. The molecule has 0 aliphatic rings. The van der Waals surface area contributed by atoms with Crippen molar-refractivity contribution in [3.05, 3.63) is 45.6 Å². The van der Waals surface area contributed by atoms with Crippen LogP contribution in [0.2, 0.25) is 5.02 Å². The number of thiophene rings is 1. The quantitative estimate of drug-likeness (QED) is 0.865. The fourth-order valence-corrected chi connectivity index (χ4v) is 2.40. The van der Waals surface area contributed by atoms with Crippen LogP contribution in [0.15, 0.2) is 35.0 Å². The largest absolute Gasteiger partial charge is 0.478 e. The van der Waals surface area contributed by atoms with Crippen LogP contribution in [0, 0.1) is 0 Å². The van der Waals surface area contributed by atoms with Gasteiger partial charge in [0.05, 0.1) is 10.6 Å². The van der Waals surface area contributed by atoms with Crippen molar-refractivity contribution in [1.29, 1.82) is 0 Å². The fraction of sp³-hybridized carbons (Fsp3) is 0. The van der Waals surface area contributed by atoms with Gasteiger partial charge >= 0.3 is 5.97 Å². The molecule has 0 unspecified atom stereocenters. The summed E-state index contributed by atoms with van der Waals surface area (Å²) in [5, 5.41) is 13.2. The summed E-state index contributed by atoms with van der Waals surface area (Å²) in [5.74, 6) is -0.928. The lowest BCUT2D eigenvalue weighted by Gasteiger charge is -2.00. The van der Waals surface area contributed by atoms with E-state index in [1.165, 1.54) is 11.3 Å². The van der Waals surface area contributed by atoms with Crippen molar-refractivity contribution < 1.29 is 9.90 Å². The molecule has 2 nitrogen and oxygen atoms in total. The summed E-state index contributed by atoms with van der Waals surface area (Å²) >= 11 is 7.47. The number of halogens is 1. The lowest BCUT2D eigenvalue weighted by Crippen LogP contribution is -1.95. The number of hydrogen-bond donors (Lipinski definition) is 1. The third-order valence-corrected chi connectivity index (χ3v) is 3.22. The zero-order valence-corrected chi connectivity index (χ0v) is 9.18. The van der Waals surface area contributed by atoms with Crippen LogP contribution in [0.1, 0.15) is 10.4 Å². The van der Waals surface area contributed by atoms with E-state index >= 15 is 0 Å². The van der Waals surface area contributed by atoms with Gasteiger partial charge in [0.15, 0.2) is 0 Å². The predicted octanol–water partition coefficient (Wildman–Crippen LogP) is 3.77. The lowest BCUT2D eigenvalue weighted by atomic mass is 10.1. The molecule has 2 rings (SSSR count). The number of benzene rings is 1. The molecule has 1 aromatic carbocycles. The van der Waals surface area contributed by atoms with E-state index in [4.69, 9.17) is 16.7 Å².